The van der Waals surface area contributed by atoms with E-state index in [1.807, 2.05) is 24.3 Å². The Kier molecular flexibility index (Phi) is 6.31. The summed E-state index contributed by atoms with van der Waals surface area (Å²) < 4.78 is 5.40. The van der Waals surface area contributed by atoms with Crippen LogP contribution in [0.1, 0.15) is 31.7 Å². The van der Waals surface area contributed by atoms with E-state index in [-0.39, 0.29) is 12.5 Å². The molecule has 1 N–H and O–H groups in total. The Labute approximate surface area is 146 Å². The average Bonchev–Trinajstić information content (AvgIpc) is 2.54. The van der Waals surface area contributed by atoms with Gasteiger partial charge in [-0.2, -0.15) is 0 Å². The number of rotatable bonds is 6. The molecule has 2 rings (SSSR count). The molecule has 1 atom stereocenters. The van der Waals surface area contributed by atoms with Crippen molar-refractivity contribution in [2.75, 3.05) is 11.9 Å². The Morgan fingerprint density at radius 1 is 1.17 bits per heavy atom. The molecule has 0 aliphatic heterocycles. The highest BCUT2D eigenvalue weighted by Crippen LogP contribution is 2.27. The molecule has 2 aromatic carbocycles. The summed E-state index contributed by atoms with van der Waals surface area (Å²) in [4.78, 5) is 11.9. The highest BCUT2D eigenvalue weighted by atomic mass is 35.5. The SMILES string of the molecule is CCC(C)c1ccc(NC(=O)COc2ccc(Cl)cc2Cl)cc1. The van der Waals surface area contributed by atoms with Crippen LogP contribution < -0.4 is 10.1 Å². The minimum atomic E-state index is -0.243. The van der Waals surface area contributed by atoms with Gasteiger partial charge in [-0.05, 0) is 48.2 Å². The first kappa shape index (κ1) is 17.6. The van der Waals surface area contributed by atoms with Gasteiger partial charge in [-0.15, -0.1) is 0 Å². The lowest BCUT2D eigenvalue weighted by Crippen LogP contribution is -2.20. The van der Waals surface area contributed by atoms with Crippen LogP contribution in [0.3, 0.4) is 0 Å². The summed E-state index contributed by atoms with van der Waals surface area (Å²) in [6, 6.07) is 12.7. The summed E-state index contributed by atoms with van der Waals surface area (Å²) in [6.07, 6.45) is 1.08. The fraction of sp³-hybridized carbons (Fsp3) is 0.278. The normalized spacial score (nSPS) is 11.8. The van der Waals surface area contributed by atoms with E-state index in [0.29, 0.717) is 21.7 Å². The smallest absolute Gasteiger partial charge is 0.262 e. The zero-order chi connectivity index (χ0) is 16.8. The van der Waals surface area contributed by atoms with E-state index in [4.69, 9.17) is 27.9 Å². The predicted molar refractivity (Wildman–Crippen MR) is 95.7 cm³/mol. The number of anilines is 1. The molecule has 0 aliphatic carbocycles. The number of hydrogen-bond donors (Lipinski definition) is 1. The maximum absolute atomic E-state index is 11.9. The maximum atomic E-state index is 11.9. The van der Waals surface area contributed by atoms with E-state index >= 15 is 0 Å². The van der Waals surface area contributed by atoms with Gasteiger partial charge >= 0.3 is 0 Å². The predicted octanol–water partition coefficient (Wildman–Crippen LogP) is 5.52. The lowest BCUT2D eigenvalue weighted by atomic mass is 9.99. The molecule has 0 saturated carbocycles. The van der Waals surface area contributed by atoms with E-state index in [0.717, 1.165) is 12.1 Å². The second-order valence-electron chi connectivity index (χ2n) is 5.34. The highest BCUT2D eigenvalue weighted by molar-refractivity contribution is 6.35. The van der Waals surface area contributed by atoms with Gasteiger partial charge in [0.1, 0.15) is 5.75 Å². The Morgan fingerprint density at radius 3 is 2.48 bits per heavy atom. The summed E-state index contributed by atoms with van der Waals surface area (Å²) in [5.74, 6) is 0.695. The first-order chi connectivity index (χ1) is 11.0. The monoisotopic (exact) mass is 351 g/mol. The Bertz CT molecular complexity index is 671. The third kappa shape index (κ3) is 5.15. The molecule has 2 aromatic rings. The van der Waals surface area contributed by atoms with Crippen molar-refractivity contribution in [3.63, 3.8) is 0 Å². The zero-order valence-electron chi connectivity index (χ0n) is 13.1. The fourth-order valence-electron chi connectivity index (χ4n) is 2.06. The Hall–Kier alpha value is -1.71. The number of carbonyl (C=O) groups excluding carboxylic acids is 1. The largest absolute Gasteiger partial charge is 0.482 e. The van der Waals surface area contributed by atoms with Crippen molar-refractivity contribution in [3.8, 4) is 5.75 Å². The van der Waals surface area contributed by atoms with Crippen LogP contribution in [-0.4, -0.2) is 12.5 Å². The van der Waals surface area contributed by atoms with Crippen LogP contribution in [0.15, 0.2) is 42.5 Å². The van der Waals surface area contributed by atoms with Crippen molar-refractivity contribution in [1.82, 2.24) is 0 Å². The highest BCUT2D eigenvalue weighted by Gasteiger charge is 2.08. The van der Waals surface area contributed by atoms with Gasteiger partial charge in [-0.1, -0.05) is 49.2 Å². The minimum Gasteiger partial charge on any atom is -0.482 e. The van der Waals surface area contributed by atoms with Crippen LogP contribution >= 0.6 is 23.2 Å². The third-order valence-corrected chi connectivity index (χ3v) is 4.16. The first-order valence-corrected chi connectivity index (χ1v) is 8.23. The van der Waals surface area contributed by atoms with Crippen LogP contribution in [0.25, 0.3) is 0 Å². The second kappa shape index (κ2) is 8.23. The summed E-state index contributed by atoms with van der Waals surface area (Å²) >= 11 is 11.8. The standard InChI is InChI=1S/C18H19Cl2NO2/c1-3-12(2)13-4-7-15(8-5-13)21-18(22)11-23-17-9-6-14(19)10-16(17)20/h4-10,12H,3,11H2,1-2H3,(H,21,22). The van der Waals surface area contributed by atoms with Crippen molar-refractivity contribution in [2.45, 2.75) is 26.2 Å². The number of nitrogens with one attached hydrogen (secondary N) is 1. The second-order valence-corrected chi connectivity index (χ2v) is 6.19. The number of carbonyl (C=O) groups is 1. The van der Waals surface area contributed by atoms with E-state index in [2.05, 4.69) is 19.2 Å². The molecule has 0 fully saturated rings. The fourth-order valence-corrected chi connectivity index (χ4v) is 2.53. The van der Waals surface area contributed by atoms with Crippen LogP contribution in [0.2, 0.25) is 10.0 Å². The van der Waals surface area contributed by atoms with Gasteiger partial charge in [0.15, 0.2) is 6.61 Å². The molecular weight excluding hydrogens is 333 g/mol. The van der Waals surface area contributed by atoms with Crippen molar-refractivity contribution >= 4 is 34.8 Å². The van der Waals surface area contributed by atoms with E-state index in [9.17, 15) is 4.79 Å². The molecule has 3 nitrogen and oxygen atoms in total. The molecule has 1 amide bonds. The van der Waals surface area contributed by atoms with Gasteiger partial charge in [0, 0.05) is 10.7 Å². The molecule has 23 heavy (non-hydrogen) atoms. The van der Waals surface area contributed by atoms with Gasteiger partial charge in [-0.25, -0.2) is 0 Å². The summed E-state index contributed by atoms with van der Waals surface area (Å²) in [5, 5.41) is 3.69. The van der Waals surface area contributed by atoms with Gasteiger partial charge in [0.2, 0.25) is 0 Å². The molecular formula is C18H19Cl2NO2. The van der Waals surface area contributed by atoms with Gasteiger partial charge < -0.3 is 10.1 Å². The lowest BCUT2D eigenvalue weighted by molar-refractivity contribution is -0.118. The summed E-state index contributed by atoms with van der Waals surface area (Å²) in [6.45, 7) is 4.21. The van der Waals surface area contributed by atoms with Gasteiger partial charge in [0.05, 0.1) is 5.02 Å². The number of hydrogen-bond acceptors (Lipinski definition) is 2. The van der Waals surface area contributed by atoms with Crippen molar-refractivity contribution < 1.29 is 9.53 Å². The van der Waals surface area contributed by atoms with Crippen LogP contribution in [0.5, 0.6) is 5.75 Å². The van der Waals surface area contributed by atoms with E-state index < -0.39 is 0 Å². The van der Waals surface area contributed by atoms with Gasteiger partial charge in [-0.3, -0.25) is 4.79 Å². The quantitative estimate of drug-likeness (QED) is 0.743. The summed E-state index contributed by atoms with van der Waals surface area (Å²) in [5.41, 5.74) is 2.00. The number of benzene rings is 2. The third-order valence-electron chi connectivity index (χ3n) is 3.63. The minimum absolute atomic E-state index is 0.117. The first-order valence-electron chi connectivity index (χ1n) is 7.47. The number of halogens is 2. The number of ether oxygens (including phenoxy) is 1. The van der Waals surface area contributed by atoms with Crippen LogP contribution in [-0.2, 0) is 4.79 Å². The molecule has 5 heteroatoms. The van der Waals surface area contributed by atoms with E-state index in [1.165, 1.54) is 5.56 Å². The molecule has 0 bridgehead atoms. The van der Waals surface area contributed by atoms with E-state index in [1.54, 1.807) is 18.2 Å². The molecule has 1 unspecified atom stereocenters. The molecule has 0 spiro atoms. The van der Waals surface area contributed by atoms with Gasteiger partial charge in [0.25, 0.3) is 5.91 Å². The van der Waals surface area contributed by atoms with Crippen LogP contribution in [0.4, 0.5) is 5.69 Å². The topological polar surface area (TPSA) is 38.3 Å². The number of amides is 1. The van der Waals surface area contributed by atoms with Crippen molar-refractivity contribution in [1.29, 1.82) is 0 Å². The zero-order valence-corrected chi connectivity index (χ0v) is 14.6. The average molecular weight is 352 g/mol. The molecule has 0 aliphatic rings. The Morgan fingerprint density at radius 2 is 1.87 bits per heavy atom. The molecule has 122 valence electrons. The van der Waals surface area contributed by atoms with Crippen LogP contribution in [0, 0.1) is 0 Å². The summed E-state index contributed by atoms with van der Waals surface area (Å²) in [7, 11) is 0. The molecule has 0 heterocycles. The molecule has 0 aromatic heterocycles. The van der Waals surface area contributed by atoms with Crippen molar-refractivity contribution in [3.05, 3.63) is 58.1 Å². The molecule has 0 radical (unpaired) electrons. The maximum Gasteiger partial charge on any atom is 0.262 e. The lowest BCUT2D eigenvalue weighted by Gasteiger charge is -2.11. The van der Waals surface area contributed by atoms with Crippen molar-refractivity contribution in [2.24, 2.45) is 0 Å². The Balaban J connectivity index is 1.89. The molecule has 0 saturated heterocycles.